The number of rotatable bonds is 2. The highest BCUT2D eigenvalue weighted by atomic mass is 80.0. The summed E-state index contributed by atoms with van der Waals surface area (Å²) < 4.78 is -19.9. The molecule has 32 heavy (non-hydrogen) atoms. The van der Waals surface area contributed by atoms with Gasteiger partial charge in [-0.05, 0) is 0 Å². The minimum atomic E-state index is -2.45. The second kappa shape index (κ2) is 12.4. The van der Waals surface area contributed by atoms with Gasteiger partial charge in [0.15, 0.2) is 29.8 Å². The third-order valence-electron chi connectivity index (χ3n) is 5.08. The average molecular weight is 1900 g/mol. The van der Waals surface area contributed by atoms with Crippen molar-refractivity contribution in [3.8, 4) is 0 Å². The van der Waals surface area contributed by atoms with Crippen LogP contribution in [0, 0.1) is 0 Å². The van der Waals surface area contributed by atoms with Gasteiger partial charge in [0.25, 0.3) is 0 Å². The highest BCUT2D eigenvalue weighted by molar-refractivity contribution is 9.86. The topological polar surface area (TPSA) is 0 Å². The largest absolute Gasteiger partial charge is 0.228 e. The van der Waals surface area contributed by atoms with Crippen LogP contribution in [-0.4, -0.2) is 56.6 Å². The second-order valence-electron chi connectivity index (χ2n) is 6.90. The van der Waals surface area contributed by atoms with Gasteiger partial charge in [-0.3, -0.25) is 0 Å². The van der Waals surface area contributed by atoms with Gasteiger partial charge in [-0.25, -0.2) is 0 Å². The normalized spacial score (nSPS) is 32.6. The quantitative estimate of drug-likeness (QED) is 0.191. The lowest BCUT2D eigenvalue weighted by Crippen LogP contribution is -2.95. The second-order valence-corrected chi connectivity index (χ2v) is 232. The molecule has 186 valence electrons. The van der Waals surface area contributed by atoms with E-state index in [0.29, 0.717) is 11.0 Å². The Morgan fingerprint density at radius 3 is 0.656 bits per heavy atom. The molecular formula is B2Br20Si10. The first kappa shape index (κ1) is 40.1. The molecule has 0 bridgehead atoms. The summed E-state index contributed by atoms with van der Waals surface area (Å²) in [4.78, 5) is 0. The molecule has 2 saturated heterocycles. The first-order valence-electron chi connectivity index (χ1n) is 7.26. The van der Waals surface area contributed by atoms with Crippen LogP contribution in [0.4, 0.5) is 0 Å². The predicted molar refractivity (Wildman–Crippen MR) is 248 cm³/mol. The molecule has 32 heteroatoms. The molecule has 0 aromatic heterocycles. The highest BCUT2D eigenvalue weighted by Gasteiger charge is 2.94. The van der Waals surface area contributed by atoms with Gasteiger partial charge in [-0.2, -0.15) is 0 Å². The smallest absolute Gasteiger partial charge is 0.130 e. The van der Waals surface area contributed by atoms with Gasteiger partial charge in [0.2, 0.25) is 21.7 Å². The van der Waals surface area contributed by atoms with E-state index >= 15 is 0 Å². The number of hydrogen-bond donors (Lipinski definition) is 0. The van der Waals surface area contributed by atoms with Gasteiger partial charge in [0.05, 0.1) is 0 Å². The molecule has 2 heterocycles. The van der Waals surface area contributed by atoms with Crippen molar-refractivity contribution < 1.29 is 0 Å². The summed E-state index contributed by atoms with van der Waals surface area (Å²) in [7, 11) is 0. The van der Waals surface area contributed by atoms with Crippen molar-refractivity contribution >= 4 is 362 Å². The van der Waals surface area contributed by atoms with Crippen LogP contribution in [0.3, 0.4) is 0 Å². The Kier molecular flexibility index (Phi) is 15.5. The monoisotopic (exact) mass is 1880 g/mol. The lowest BCUT2D eigenvalue weighted by Gasteiger charge is -2.59. The van der Waals surface area contributed by atoms with E-state index in [2.05, 4.69) is 306 Å². The molecule has 2 aliphatic heterocycles. The van der Waals surface area contributed by atoms with Crippen LogP contribution in [-0.2, 0) is 0 Å². The third-order valence-corrected chi connectivity index (χ3v) is 499. The maximum atomic E-state index is 4.48. The minimum Gasteiger partial charge on any atom is -0.130 e. The molecule has 0 aromatic carbocycles. The first-order chi connectivity index (χ1) is 13.5. The van der Waals surface area contributed by atoms with Crippen molar-refractivity contribution in [2.45, 2.75) is 0 Å². The van der Waals surface area contributed by atoms with Gasteiger partial charge in [0, 0.05) is 0 Å². The third kappa shape index (κ3) is 5.70. The summed E-state index contributed by atoms with van der Waals surface area (Å²) in [6.07, 6.45) is 0. The maximum absolute atomic E-state index is 4.48. The van der Waals surface area contributed by atoms with Crippen LogP contribution in [0.2, 0.25) is 0 Å². The van der Waals surface area contributed by atoms with Crippen LogP contribution < -0.4 is 0 Å². The van der Waals surface area contributed by atoms with E-state index < -0.39 is 45.6 Å². The Morgan fingerprint density at radius 2 is 0.469 bits per heavy atom. The molecule has 2 fully saturated rings. The molecule has 0 amide bonds. The van der Waals surface area contributed by atoms with E-state index in [9.17, 15) is 0 Å². The van der Waals surface area contributed by atoms with Crippen LogP contribution in [0.1, 0.15) is 0 Å². The van der Waals surface area contributed by atoms with E-state index in [-0.39, 0.29) is 0 Å². The van der Waals surface area contributed by atoms with Crippen molar-refractivity contribution in [1.29, 1.82) is 0 Å². The lowest BCUT2D eigenvalue weighted by molar-refractivity contribution is 3.32. The number of halogens is 20. The zero-order chi connectivity index (χ0) is 26.2. The fourth-order valence-electron chi connectivity index (χ4n) is 3.35. The molecule has 0 aromatic rings. The molecular weight excluding hydrogens is 1900 g/mol. The summed E-state index contributed by atoms with van der Waals surface area (Å²) in [5.74, 6) is 0. The Morgan fingerprint density at radius 1 is 0.312 bits per heavy atom. The molecule has 0 saturated carbocycles. The van der Waals surface area contributed by atoms with E-state index in [1.54, 1.807) is 0 Å². The van der Waals surface area contributed by atoms with E-state index in [1.807, 2.05) is 0 Å². The Bertz CT molecular complexity index is 740. The summed E-state index contributed by atoms with van der Waals surface area (Å²) >= 11 is 86.3. The van der Waals surface area contributed by atoms with Gasteiger partial charge in [-0.15, -0.1) is 306 Å². The zero-order valence-corrected chi connectivity index (χ0v) is 55.4. The predicted octanol–water partition coefficient (Wildman–Crippen LogP) is 12.3. The van der Waals surface area contributed by atoms with Crippen molar-refractivity contribution in [3.05, 3.63) is 0 Å². The fraction of sp³-hybridized carbons (Fsp3) is 0. The Balaban J connectivity index is 2.94. The highest BCUT2D eigenvalue weighted by Crippen LogP contribution is 2.72. The fourth-order valence-corrected chi connectivity index (χ4v) is 722. The number of hydrogen-bond acceptors (Lipinski definition) is 0. The van der Waals surface area contributed by atoms with Crippen LogP contribution in [0.5, 0.6) is 0 Å². The standard InChI is InChI=1S/B2Br20Si10/c3-23(4,1-24(5,6)28(13,14)29(15,16)25(1,7)8)2-26(9,10)30(17,18)32(21,22)31(19,20)27(2,11)12. The Labute approximate surface area is 352 Å². The lowest BCUT2D eigenvalue weighted by atomic mass is 10.6. The SMILES string of the molecule is Br[Si](Br)(B1[Si](Br)(Br)[Si](Br)(Br)[Si](Br)(Br)[Si]1(Br)Br)B1[Si](Br)(Br)[Si](Br)(Br)[Si](Br)(Br)[Si](Br)(Br)[Si]1(Br)Br. The molecule has 0 spiro atoms. The van der Waals surface area contributed by atoms with Crippen molar-refractivity contribution in [2.24, 2.45) is 0 Å². The van der Waals surface area contributed by atoms with Crippen LogP contribution >= 0.6 is 306 Å². The maximum Gasteiger partial charge on any atom is 0.228 e. The minimum absolute atomic E-state index is 0.329. The summed E-state index contributed by atoms with van der Waals surface area (Å²) in [6, 6.07) is 0. The molecule has 0 aliphatic carbocycles. The summed E-state index contributed by atoms with van der Waals surface area (Å²) in [6.45, 7) is 0. The summed E-state index contributed by atoms with van der Waals surface area (Å²) in [5, 5.41) is -2.45. The van der Waals surface area contributed by atoms with Gasteiger partial charge >= 0.3 is 0 Å². The van der Waals surface area contributed by atoms with Crippen molar-refractivity contribution in [2.75, 3.05) is 0 Å². The van der Waals surface area contributed by atoms with Crippen molar-refractivity contribution in [1.82, 2.24) is 0 Å². The van der Waals surface area contributed by atoms with E-state index in [0.717, 1.165) is 0 Å². The molecule has 2 aliphatic rings. The van der Waals surface area contributed by atoms with Gasteiger partial charge in [-0.1, -0.05) is 0 Å². The average Bonchev–Trinajstić information content (AvgIpc) is 2.57. The van der Waals surface area contributed by atoms with Crippen LogP contribution in [0.25, 0.3) is 0 Å². The van der Waals surface area contributed by atoms with Gasteiger partial charge < -0.3 is 0 Å². The molecule has 0 N–H and O–H groups in total. The van der Waals surface area contributed by atoms with Crippen LogP contribution in [0.15, 0.2) is 0 Å². The Hall–Kier alpha value is 11.9. The zero-order valence-electron chi connectivity index (χ0n) is 13.7. The van der Waals surface area contributed by atoms with E-state index in [1.165, 1.54) is 0 Å². The van der Waals surface area contributed by atoms with Gasteiger partial charge in [0.1, 0.15) is 5.05 Å². The molecule has 0 nitrogen and oxygen atoms in total. The summed E-state index contributed by atoms with van der Waals surface area (Å²) in [5.41, 5.74) is 0.692. The molecule has 0 atom stereocenters. The molecule has 0 unspecified atom stereocenters. The van der Waals surface area contributed by atoms with Crippen molar-refractivity contribution in [3.63, 3.8) is 0 Å². The first-order valence-corrected chi connectivity index (χ1v) is 79.9. The molecule has 0 radical (unpaired) electrons. The van der Waals surface area contributed by atoms with E-state index in [4.69, 9.17) is 0 Å². The molecule has 2 rings (SSSR count).